The number of hydrogen-bond donors (Lipinski definition) is 0. The maximum absolute atomic E-state index is 10.2. The third-order valence-electron chi connectivity index (χ3n) is 1.77. The first kappa shape index (κ1) is 9.47. The van der Waals surface area contributed by atoms with Gasteiger partial charge in [0.15, 0.2) is 0 Å². The molecule has 0 saturated heterocycles. The molecule has 0 aromatic carbocycles. The van der Waals surface area contributed by atoms with Gasteiger partial charge >= 0.3 is 29.6 Å². The van der Waals surface area contributed by atoms with Crippen LogP contribution in [0.15, 0.2) is 0 Å². The van der Waals surface area contributed by atoms with E-state index in [-0.39, 0.29) is 29.6 Å². The van der Waals surface area contributed by atoms with Gasteiger partial charge in [-0.15, -0.1) is 0 Å². The maximum Gasteiger partial charge on any atom is 1.00 e. The minimum atomic E-state index is -0.924. The zero-order valence-corrected chi connectivity index (χ0v) is 7.64. The van der Waals surface area contributed by atoms with Gasteiger partial charge in [-0.2, -0.15) is 0 Å². The quantitative estimate of drug-likeness (QED) is 0.373. The minimum Gasteiger partial charge on any atom is -0.550 e. The number of carbonyl (C=O) groups is 1. The van der Waals surface area contributed by atoms with Crippen molar-refractivity contribution in [3.05, 3.63) is 6.92 Å². The number of rotatable bonds is 2. The van der Waals surface area contributed by atoms with E-state index >= 15 is 0 Å². The van der Waals surface area contributed by atoms with Crippen LogP contribution in [0.25, 0.3) is 0 Å². The van der Waals surface area contributed by atoms with E-state index in [2.05, 4.69) is 6.92 Å². The Morgan fingerprint density at radius 3 is 2.11 bits per heavy atom. The summed E-state index contributed by atoms with van der Waals surface area (Å²) in [5.74, 6) is -0.924. The van der Waals surface area contributed by atoms with Crippen LogP contribution in [0, 0.1) is 12.3 Å². The summed E-state index contributed by atoms with van der Waals surface area (Å²) in [6.45, 7) is 3.52. The van der Waals surface area contributed by atoms with Crippen LogP contribution >= 0.6 is 0 Å². The van der Waals surface area contributed by atoms with Gasteiger partial charge in [0, 0.05) is 11.4 Å². The first-order valence-corrected chi connectivity index (χ1v) is 2.72. The van der Waals surface area contributed by atoms with Crippen molar-refractivity contribution in [1.29, 1.82) is 0 Å². The van der Waals surface area contributed by atoms with Crippen LogP contribution in [0.5, 0.6) is 0 Å². The Labute approximate surface area is 76.9 Å². The first-order valence-electron chi connectivity index (χ1n) is 2.72. The van der Waals surface area contributed by atoms with Crippen molar-refractivity contribution in [2.24, 2.45) is 5.41 Å². The molecule has 9 heavy (non-hydrogen) atoms. The number of aliphatic carboxylic acids is 1. The molecule has 0 bridgehead atoms. The third kappa shape index (κ3) is 1.69. The second-order valence-electron chi connectivity index (χ2n) is 2.32. The van der Waals surface area contributed by atoms with Crippen LogP contribution in [-0.2, 0) is 4.79 Å². The fourth-order valence-corrected chi connectivity index (χ4v) is 0.707. The molecule has 2 nitrogen and oxygen atoms in total. The Hall–Kier alpha value is 0.470. The van der Waals surface area contributed by atoms with Gasteiger partial charge in [-0.3, -0.25) is 0 Å². The fourth-order valence-electron chi connectivity index (χ4n) is 0.707. The molecule has 0 aliphatic heterocycles. The molecule has 1 fully saturated rings. The van der Waals surface area contributed by atoms with Gasteiger partial charge in [-0.05, 0) is 19.3 Å². The zero-order chi connectivity index (χ0) is 6.20. The van der Waals surface area contributed by atoms with E-state index in [9.17, 15) is 9.90 Å². The largest absolute Gasteiger partial charge is 1.00 e. The molecule has 0 heterocycles. The average Bonchev–Trinajstić information content (AvgIpc) is 2.44. The molecule has 0 aromatic rings. The number of hydrogen-bond acceptors (Lipinski definition) is 2. The molecular weight excluding hydrogens is 127 g/mol. The summed E-state index contributed by atoms with van der Waals surface area (Å²) in [6, 6.07) is 0. The molecular formula is C6H8NaO2. The van der Waals surface area contributed by atoms with Gasteiger partial charge in [0.1, 0.15) is 0 Å². The van der Waals surface area contributed by atoms with Crippen molar-refractivity contribution in [3.8, 4) is 0 Å². The Morgan fingerprint density at radius 2 is 2.11 bits per heavy atom. The van der Waals surface area contributed by atoms with E-state index in [0.29, 0.717) is 6.42 Å². The van der Waals surface area contributed by atoms with Crippen LogP contribution < -0.4 is 34.7 Å². The summed E-state index contributed by atoms with van der Waals surface area (Å²) in [4.78, 5) is 10.2. The van der Waals surface area contributed by atoms with Gasteiger partial charge in [-0.1, -0.05) is 6.92 Å². The van der Waals surface area contributed by atoms with Gasteiger partial charge in [-0.25, -0.2) is 0 Å². The Kier molecular flexibility index (Phi) is 3.20. The van der Waals surface area contributed by atoms with E-state index in [4.69, 9.17) is 0 Å². The molecule has 1 saturated carbocycles. The van der Waals surface area contributed by atoms with Gasteiger partial charge < -0.3 is 9.90 Å². The van der Waals surface area contributed by atoms with Crippen LogP contribution in [0.4, 0.5) is 0 Å². The number of carboxylic acid groups (broad SMARTS) is 1. The summed E-state index contributed by atoms with van der Waals surface area (Å²) in [5, 5.41) is 10.2. The monoisotopic (exact) mass is 135 g/mol. The Bertz CT molecular complexity index is 118. The summed E-state index contributed by atoms with van der Waals surface area (Å²) in [6.07, 6.45) is 2.01. The number of carboxylic acids is 1. The van der Waals surface area contributed by atoms with Crippen LogP contribution in [0.2, 0.25) is 0 Å². The number of carbonyl (C=O) groups excluding carboxylic acids is 1. The molecule has 1 radical (unpaired) electrons. The smallest absolute Gasteiger partial charge is 0.550 e. The van der Waals surface area contributed by atoms with E-state index in [0.717, 1.165) is 12.8 Å². The molecule has 0 spiro atoms. The van der Waals surface area contributed by atoms with Gasteiger partial charge in [0.25, 0.3) is 0 Å². The summed E-state index contributed by atoms with van der Waals surface area (Å²) in [7, 11) is 0. The summed E-state index contributed by atoms with van der Waals surface area (Å²) < 4.78 is 0. The van der Waals surface area contributed by atoms with E-state index in [1.807, 2.05) is 0 Å². The second kappa shape index (κ2) is 3.04. The van der Waals surface area contributed by atoms with Crippen molar-refractivity contribution < 1.29 is 39.5 Å². The van der Waals surface area contributed by atoms with Crippen LogP contribution in [0.1, 0.15) is 19.3 Å². The van der Waals surface area contributed by atoms with Crippen molar-refractivity contribution in [2.75, 3.05) is 0 Å². The van der Waals surface area contributed by atoms with Crippen molar-refractivity contribution >= 4 is 5.97 Å². The zero-order valence-electron chi connectivity index (χ0n) is 5.64. The van der Waals surface area contributed by atoms with E-state index in [1.165, 1.54) is 0 Å². The first-order chi connectivity index (χ1) is 3.71. The topological polar surface area (TPSA) is 40.1 Å². The Morgan fingerprint density at radius 1 is 1.67 bits per heavy atom. The fraction of sp³-hybridized carbons (Fsp3) is 0.667. The molecule has 0 aromatic heterocycles. The molecule has 0 unspecified atom stereocenters. The van der Waals surface area contributed by atoms with Crippen LogP contribution in [0.3, 0.4) is 0 Å². The minimum absolute atomic E-state index is 0. The predicted octanol–water partition coefficient (Wildman–Crippen LogP) is -3.26. The summed E-state index contributed by atoms with van der Waals surface area (Å²) in [5.41, 5.74) is -0.514. The molecule has 0 amide bonds. The van der Waals surface area contributed by atoms with Crippen molar-refractivity contribution in [3.63, 3.8) is 0 Å². The average molecular weight is 135 g/mol. The molecule has 1 rings (SSSR count). The van der Waals surface area contributed by atoms with Crippen molar-refractivity contribution in [2.45, 2.75) is 19.3 Å². The van der Waals surface area contributed by atoms with E-state index in [1.54, 1.807) is 0 Å². The molecule has 45 valence electrons. The predicted molar refractivity (Wildman–Crippen MR) is 26.6 cm³/mol. The standard InChI is InChI=1S/C6H9O2.Na/c1-2-6(3-4-6)5(7)8;/h1-4H2,(H,7,8);/q;+1/p-1. The van der Waals surface area contributed by atoms with Gasteiger partial charge in [0.2, 0.25) is 0 Å². The summed E-state index contributed by atoms with van der Waals surface area (Å²) >= 11 is 0. The van der Waals surface area contributed by atoms with Crippen LogP contribution in [-0.4, -0.2) is 5.97 Å². The SMILES string of the molecule is [CH2]CC1(C(=O)[O-])CC1.[Na+]. The maximum atomic E-state index is 10.2. The third-order valence-corrected chi connectivity index (χ3v) is 1.77. The second-order valence-corrected chi connectivity index (χ2v) is 2.32. The normalized spacial score (nSPS) is 20.1. The molecule has 0 N–H and O–H groups in total. The molecule has 0 atom stereocenters. The molecule has 1 aliphatic carbocycles. The van der Waals surface area contributed by atoms with Crippen molar-refractivity contribution in [1.82, 2.24) is 0 Å². The van der Waals surface area contributed by atoms with Gasteiger partial charge in [0.05, 0.1) is 0 Å². The molecule has 1 aliphatic rings. The molecule has 3 heteroatoms. The van der Waals surface area contributed by atoms with E-state index < -0.39 is 11.4 Å². The Balaban J connectivity index is 0.000000640.